The zero-order chi connectivity index (χ0) is 17.4. The van der Waals surface area contributed by atoms with Gasteiger partial charge in [0.1, 0.15) is 0 Å². The van der Waals surface area contributed by atoms with Gasteiger partial charge in [-0.3, -0.25) is 0 Å². The third kappa shape index (κ3) is 4.83. The van der Waals surface area contributed by atoms with Crippen molar-refractivity contribution < 1.29 is 13.6 Å². The molecular weight excluding hydrogens is 661 g/mol. The van der Waals surface area contributed by atoms with Crippen molar-refractivity contribution in [2.75, 3.05) is 0 Å². The van der Waals surface area contributed by atoms with Crippen molar-refractivity contribution in [3.05, 3.63) is 0 Å². The first-order valence-electron chi connectivity index (χ1n) is 4.93. The average Bonchev–Trinajstić information content (AvgIpc) is 2.22. The molecule has 22 heavy (non-hydrogen) atoms. The van der Waals surface area contributed by atoms with Crippen molar-refractivity contribution in [3.63, 3.8) is 0 Å². The van der Waals surface area contributed by atoms with Gasteiger partial charge < -0.3 is 0 Å². The molecule has 0 spiro atoms. The van der Waals surface area contributed by atoms with Crippen LogP contribution in [0.25, 0.3) is 0 Å². The molecule has 0 amide bonds. The van der Waals surface area contributed by atoms with Crippen LogP contribution in [0.2, 0.25) is 0 Å². The van der Waals surface area contributed by atoms with E-state index in [0.29, 0.717) is 0 Å². The van der Waals surface area contributed by atoms with E-state index in [1.807, 2.05) is 0 Å². The van der Waals surface area contributed by atoms with Gasteiger partial charge in [-0.25, -0.2) is 0 Å². The summed E-state index contributed by atoms with van der Waals surface area (Å²) in [4.78, 5) is 0. The van der Waals surface area contributed by atoms with E-state index in [1.54, 1.807) is 0 Å². The molecule has 0 N–H and O–H groups in total. The predicted molar refractivity (Wildman–Crippen MR) is 107 cm³/mol. The van der Waals surface area contributed by atoms with E-state index in [-0.39, 0.29) is 0 Å². The number of hydrogen-bond acceptors (Lipinski definition) is 3. The minimum atomic E-state index is -4.17. The summed E-state index contributed by atoms with van der Waals surface area (Å²) in [6.45, 7) is 0. The van der Waals surface area contributed by atoms with Crippen LogP contribution < -0.4 is 0 Å². The van der Waals surface area contributed by atoms with Crippen LogP contribution in [0.1, 0.15) is 0 Å². The van der Waals surface area contributed by atoms with Crippen LogP contribution in [0.15, 0.2) is 0 Å². The molecule has 132 valence electrons. The molecule has 3 atom stereocenters. The van der Waals surface area contributed by atoms with Gasteiger partial charge in [-0.05, 0) is 0 Å². The monoisotopic (exact) mass is 658 g/mol. The average molecular weight is 664 g/mol. The fourth-order valence-corrected chi connectivity index (χ4v) is 17.3. The van der Waals surface area contributed by atoms with Gasteiger partial charge in [0.25, 0.3) is 0 Å². The Bertz CT molecular complexity index is 411. The second-order valence-corrected chi connectivity index (χ2v) is 25.8. The molecule has 0 saturated carbocycles. The third-order valence-electron chi connectivity index (χ3n) is 2.45. The topological polar surface area (TPSA) is 27.7 Å². The Morgan fingerprint density at radius 3 is 1.05 bits per heavy atom. The van der Waals surface area contributed by atoms with Gasteiger partial charge >= 0.3 is 190 Å². The Morgan fingerprint density at radius 2 is 0.864 bits per heavy atom. The van der Waals surface area contributed by atoms with Crippen LogP contribution in [-0.2, 0) is 13.6 Å². The Kier molecular flexibility index (Phi) is 6.86. The Hall–Kier alpha value is 4.31. The van der Waals surface area contributed by atoms with E-state index in [4.69, 9.17) is 118 Å². The van der Waals surface area contributed by atoms with Gasteiger partial charge in [0, 0.05) is 0 Å². The first-order valence-corrected chi connectivity index (χ1v) is 15.9. The van der Waals surface area contributed by atoms with Crippen LogP contribution >= 0.6 is 148 Å². The zero-order valence-electron chi connectivity index (χ0n) is 9.51. The summed E-state index contributed by atoms with van der Waals surface area (Å²) in [5.41, 5.74) is 0. The Morgan fingerprint density at radius 1 is 0.636 bits per heavy atom. The molecule has 3 heterocycles. The number of rotatable bonds is 0. The van der Waals surface area contributed by atoms with Gasteiger partial charge in [0.15, 0.2) is 0 Å². The molecule has 0 aliphatic carbocycles. The molecule has 16 heteroatoms. The summed E-state index contributed by atoms with van der Waals surface area (Å²) in [6.07, 6.45) is 0. The van der Waals surface area contributed by atoms with Crippen molar-refractivity contribution >= 4 is 148 Å². The maximum atomic E-state index is 5.99. The molecule has 0 aromatic rings. The molecule has 3 nitrogen and oxygen atoms in total. The molecule has 0 radical (unpaired) electrons. The van der Waals surface area contributed by atoms with E-state index in [9.17, 15) is 0 Å². The molecule has 2 bridgehead atoms. The van der Waals surface area contributed by atoms with Crippen molar-refractivity contribution in [1.29, 1.82) is 0 Å². The molecule has 0 aromatic carbocycles. The molecule has 3 saturated heterocycles. The van der Waals surface area contributed by atoms with Crippen molar-refractivity contribution in [2.45, 2.75) is 28.9 Å². The number of alkyl halides is 9. The zero-order valence-corrected chi connectivity index (χ0v) is 21.3. The van der Waals surface area contributed by atoms with E-state index in [0.717, 1.165) is 0 Å². The number of hydrogen-bond donors (Lipinski definition) is 0. The van der Waals surface area contributed by atoms with E-state index in [1.165, 1.54) is 0 Å². The standard InChI is InChI=1S/C6H3Br2Cl9O3P2/c7-22(8)18-1(4(9,10)11)21(2(19-22)5(12,13)14)3(20-22)6(15,16)17/h1-3H. The molecular formula is C6H3Br2Cl9O3P2. The van der Waals surface area contributed by atoms with Crippen LogP contribution in [0.3, 0.4) is 0 Å². The minimum absolute atomic E-state index is 1.08. The first kappa shape index (κ1) is 22.6. The van der Waals surface area contributed by atoms with Crippen molar-refractivity contribution in [3.8, 4) is 0 Å². The summed E-state index contributed by atoms with van der Waals surface area (Å²) >= 11 is 60.3. The van der Waals surface area contributed by atoms with E-state index in [2.05, 4.69) is 31.0 Å². The molecule has 3 rings (SSSR count). The summed E-state index contributed by atoms with van der Waals surface area (Å²) < 4.78 is 7.17. The quantitative estimate of drug-likeness (QED) is 0.192. The number of fused-ring (bicyclic) bond motifs is 3. The molecule has 3 aliphatic heterocycles. The van der Waals surface area contributed by atoms with Gasteiger partial charge in [0.2, 0.25) is 0 Å². The summed E-state index contributed by atoms with van der Waals surface area (Å²) in [5, 5.41) is 0. The first-order chi connectivity index (χ1) is 9.43. The second kappa shape index (κ2) is 6.68. The van der Waals surface area contributed by atoms with E-state index < -0.39 is 41.5 Å². The Balaban J connectivity index is 2.60. The summed E-state index contributed by atoms with van der Waals surface area (Å²) in [5.74, 6) is -3.23. The Labute approximate surface area is 188 Å². The molecule has 3 aliphatic rings. The van der Waals surface area contributed by atoms with Gasteiger partial charge in [-0.15, -0.1) is 0 Å². The molecule has 0 aromatic heterocycles. The maximum absolute atomic E-state index is 5.99. The van der Waals surface area contributed by atoms with Gasteiger partial charge in [-0.2, -0.15) is 0 Å². The van der Waals surface area contributed by atoms with Crippen LogP contribution in [-0.4, -0.2) is 28.9 Å². The predicted octanol–water partition coefficient (Wildman–Crippen LogP) is 8.55. The summed E-state index contributed by atoms with van der Waals surface area (Å²) in [6, 6.07) is 0. The van der Waals surface area contributed by atoms with Crippen molar-refractivity contribution in [2.24, 2.45) is 0 Å². The molecule has 3 fully saturated rings. The van der Waals surface area contributed by atoms with Crippen LogP contribution in [0, 0.1) is 0 Å². The number of halogens is 11. The summed E-state index contributed by atoms with van der Waals surface area (Å²) in [7, 11) is -1.80. The fraction of sp³-hybridized carbons (Fsp3) is 1.00. The third-order valence-corrected chi connectivity index (χ3v) is 13.8. The van der Waals surface area contributed by atoms with Crippen molar-refractivity contribution in [1.82, 2.24) is 0 Å². The molecule has 3 unspecified atom stereocenters. The van der Waals surface area contributed by atoms with Crippen LogP contribution in [0.5, 0.6) is 0 Å². The van der Waals surface area contributed by atoms with Gasteiger partial charge in [0.05, 0.1) is 0 Å². The second-order valence-electron chi connectivity index (χ2n) is 4.15. The SMILES string of the molecule is ClC(Cl)(Cl)C1OP2(Br)(Br)OC(C(Cl)(Cl)Cl)P1C(C(Cl)(Cl)Cl)O2. The van der Waals surface area contributed by atoms with E-state index >= 15 is 0 Å². The van der Waals surface area contributed by atoms with Crippen LogP contribution in [0.4, 0.5) is 0 Å². The fourth-order valence-electron chi connectivity index (χ4n) is 1.76. The normalized spacial score (nSPS) is 40.0. The van der Waals surface area contributed by atoms with Gasteiger partial charge in [-0.1, -0.05) is 0 Å².